The molecule has 1 rings (SSSR count). The number of hydrogen-bond acceptors (Lipinski definition) is 11. The molecular formula is C17H27NO13. The van der Waals surface area contributed by atoms with Crippen LogP contribution in [-0.4, -0.2) is 106 Å². The second kappa shape index (κ2) is 13.0. The molecule has 0 aliphatic carbocycles. The molecule has 178 valence electrons. The lowest BCUT2D eigenvalue weighted by Crippen LogP contribution is -2.60. The molecule has 0 aromatic rings. The van der Waals surface area contributed by atoms with E-state index in [0.29, 0.717) is 6.61 Å². The summed E-state index contributed by atoms with van der Waals surface area (Å²) in [5.74, 6) is -3.47. The number of carbonyl (C=O) groups excluding carboxylic acids is 2. The number of rotatable bonds is 12. The summed E-state index contributed by atoms with van der Waals surface area (Å²) < 4.78 is 19.8. The Morgan fingerprint density at radius 1 is 1.03 bits per heavy atom. The quantitative estimate of drug-likeness (QED) is 0.137. The van der Waals surface area contributed by atoms with Crippen molar-refractivity contribution in [3.05, 3.63) is 0 Å². The summed E-state index contributed by atoms with van der Waals surface area (Å²) in [5.41, 5.74) is 0. The zero-order valence-electron chi connectivity index (χ0n) is 16.7. The number of nitrogens with one attached hydrogen (secondary N) is 1. The molecule has 0 aromatic carbocycles. The highest BCUT2D eigenvalue weighted by molar-refractivity contribution is 5.80. The van der Waals surface area contributed by atoms with Crippen LogP contribution in [0.2, 0.25) is 0 Å². The lowest BCUT2D eigenvalue weighted by Gasteiger charge is -2.39. The van der Waals surface area contributed by atoms with Crippen LogP contribution in [0, 0.1) is 0 Å². The van der Waals surface area contributed by atoms with Gasteiger partial charge in [0.05, 0.1) is 13.0 Å². The molecule has 6 N–H and O–H groups in total. The third kappa shape index (κ3) is 9.02. The van der Waals surface area contributed by atoms with E-state index in [0.717, 1.165) is 0 Å². The first-order chi connectivity index (χ1) is 14.6. The van der Waals surface area contributed by atoms with Gasteiger partial charge in [-0.2, -0.15) is 0 Å². The smallest absolute Gasteiger partial charge is 0.410 e. The van der Waals surface area contributed by atoms with Gasteiger partial charge in [-0.1, -0.05) is 0 Å². The number of carboxylic acid groups (broad SMARTS) is 2. The largest absolute Gasteiger partial charge is 0.481 e. The minimum atomic E-state index is -1.90. The predicted octanol–water partition coefficient (Wildman–Crippen LogP) is -2.19. The van der Waals surface area contributed by atoms with Crippen LogP contribution in [-0.2, 0) is 33.3 Å². The minimum Gasteiger partial charge on any atom is -0.481 e. The highest BCUT2D eigenvalue weighted by Crippen LogP contribution is 2.22. The van der Waals surface area contributed by atoms with Crippen molar-refractivity contribution in [2.75, 3.05) is 19.8 Å². The van der Waals surface area contributed by atoms with Gasteiger partial charge in [0.1, 0.15) is 37.1 Å². The van der Waals surface area contributed by atoms with E-state index in [1.54, 1.807) is 6.92 Å². The Labute approximate surface area is 176 Å². The number of aliphatic hydroxyl groups excluding tert-OH is 3. The minimum absolute atomic E-state index is 0.0723. The molecule has 1 heterocycles. The Morgan fingerprint density at radius 3 is 2.29 bits per heavy atom. The van der Waals surface area contributed by atoms with Gasteiger partial charge in [-0.15, -0.1) is 0 Å². The Balaban J connectivity index is 2.65. The first kappa shape index (κ1) is 26.5. The Morgan fingerprint density at radius 2 is 1.71 bits per heavy atom. The zero-order chi connectivity index (χ0) is 23.6. The fraction of sp³-hybridized carbons (Fsp3) is 0.765. The number of aliphatic hydroxyl groups is 3. The van der Waals surface area contributed by atoms with Crippen molar-refractivity contribution in [2.45, 2.75) is 62.9 Å². The lowest BCUT2D eigenvalue weighted by atomic mass is 9.99. The van der Waals surface area contributed by atoms with Gasteiger partial charge >= 0.3 is 24.0 Å². The molecule has 14 nitrogen and oxygen atoms in total. The summed E-state index contributed by atoms with van der Waals surface area (Å²) >= 11 is 0. The highest BCUT2D eigenvalue weighted by atomic mass is 16.7. The molecule has 3 unspecified atom stereocenters. The highest BCUT2D eigenvalue weighted by Gasteiger charge is 2.46. The van der Waals surface area contributed by atoms with Crippen LogP contribution in [0.1, 0.15) is 26.2 Å². The van der Waals surface area contributed by atoms with Crippen LogP contribution < -0.4 is 5.32 Å². The van der Waals surface area contributed by atoms with Crippen LogP contribution >= 0.6 is 0 Å². The van der Waals surface area contributed by atoms with E-state index < -0.39 is 80.2 Å². The van der Waals surface area contributed by atoms with Crippen molar-refractivity contribution in [1.29, 1.82) is 0 Å². The van der Waals surface area contributed by atoms with Crippen molar-refractivity contribution in [3.8, 4) is 0 Å². The number of aliphatic carboxylic acids is 2. The molecule has 1 aliphatic heterocycles. The van der Waals surface area contributed by atoms with Crippen molar-refractivity contribution in [1.82, 2.24) is 5.32 Å². The van der Waals surface area contributed by atoms with E-state index in [1.807, 2.05) is 5.32 Å². The molecule has 1 saturated heterocycles. The maximum absolute atomic E-state index is 11.9. The predicted molar refractivity (Wildman–Crippen MR) is 96.7 cm³/mol. The second-order valence-corrected chi connectivity index (χ2v) is 6.52. The second-order valence-electron chi connectivity index (χ2n) is 6.52. The maximum atomic E-state index is 11.9. The standard InChI is InChI=1S/C17H27NO13/c1-2-28-6-5-11(21)29-7-9-12(22)13(23)14(24)16(30-9)31-17(27)18-8(15(25)26)3-4-10(19)20/h8-9,12-14,16,22-24H,2-7H2,1H3,(H,18,27)(H,19,20)(H,25,26)/t8?,9-,12?,13?,14+,16+/m1/s1. The first-order valence-corrected chi connectivity index (χ1v) is 9.41. The number of carbonyl (C=O) groups is 4. The van der Waals surface area contributed by atoms with Gasteiger partial charge in [0.25, 0.3) is 0 Å². The number of esters is 1. The third-order valence-electron chi connectivity index (χ3n) is 4.19. The monoisotopic (exact) mass is 453 g/mol. The third-order valence-corrected chi connectivity index (χ3v) is 4.19. The van der Waals surface area contributed by atoms with Crippen molar-refractivity contribution in [2.24, 2.45) is 0 Å². The van der Waals surface area contributed by atoms with Gasteiger partial charge in [0.15, 0.2) is 0 Å². The van der Waals surface area contributed by atoms with E-state index in [-0.39, 0.29) is 13.0 Å². The Bertz CT molecular complexity index is 627. The summed E-state index contributed by atoms with van der Waals surface area (Å²) in [6.45, 7) is 1.73. The number of alkyl carbamates (subject to hydrolysis) is 1. The number of ether oxygens (including phenoxy) is 4. The molecule has 1 fully saturated rings. The van der Waals surface area contributed by atoms with Gasteiger partial charge in [0.2, 0.25) is 6.29 Å². The summed E-state index contributed by atoms with van der Waals surface area (Å²) in [4.78, 5) is 45.3. The lowest BCUT2D eigenvalue weighted by molar-refractivity contribution is -0.286. The normalized spacial score (nSPS) is 26.5. The molecule has 0 radical (unpaired) electrons. The molecular weight excluding hydrogens is 426 g/mol. The number of amides is 1. The van der Waals surface area contributed by atoms with E-state index in [9.17, 15) is 34.5 Å². The van der Waals surface area contributed by atoms with Crippen molar-refractivity contribution in [3.63, 3.8) is 0 Å². The van der Waals surface area contributed by atoms with E-state index in [1.165, 1.54) is 0 Å². The van der Waals surface area contributed by atoms with Crippen molar-refractivity contribution < 1.29 is 63.7 Å². The molecule has 0 saturated carbocycles. The molecule has 1 aliphatic rings. The summed E-state index contributed by atoms with van der Waals surface area (Å²) in [6, 6.07) is -1.60. The van der Waals surface area contributed by atoms with Gasteiger partial charge in [0, 0.05) is 13.0 Å². The topological polar surface area (TPSA) is 218 Å². The molecule has 0 spiro atoms. The maximum Gasteiger partial charge on any atom is 0.410 e. The number of carboxylic acids is 2. The molecule has 6 atom stereocenters. The van der Waals surface area contributed by atoms with E-state index in [4.69, 9.17) is 29.2 Å². The van der Waals surface area contributed by atoms with Gasteiger partial charge in [-0.05, 0) is 13.3 Å². The molecule has 31 heavy (non-hydrogen) atoms. The SMILES string of the molecule is CCOCCC(=O)OC[C@H]1O[C@@H](OC(=O)NC(CCC(=O)O)C(=O)O)[C@@H](O)C(O)C1O. The number of hydrogen-bond donors (Lipinski definition) is 6. The van der Waals surface area contributed by atoms with Gasteiger partial charge in [-0.25, -0.2) is 9.59 Å². The average Bonchev–Trinajstić information content (AvgIpc) is 2.70. The van der Waals surface area contributed by atoms with E-state index >= 15 is 0 Å². The summed E-state index contributed by atoms with van der Waals surface area (Å²) in [5, 5.41) is 49.4. The van der Waals surface area contributed by atoms with Crippen LogP contribution in [0.4, 0.5) is 4.79 Å². The molecule has 1 amide bonds. The van der Waals surface area contributed by atoms with Crippen LogP contribution in [0.15, 0.2) is 0 Å². The molecule has 0 bridgehead atoms. The average molecular weight is 453 g/mol. The fourth-order valence-corrected chi connectivity index (χ4v) is 2.51. The van der Waals surface area contributed by atoms with Crippen molar-refractivity contribution >= 4 is 24.0 Å². The van der Waals surface area contributed by atoms with Gasteiger partial charge in [-0.3, -0.25) is 9.59 Å². The van der Waals surface area contributed by atoms with Gasteiger partial charge < -0.3 is 49.8 Å². The molecule has 0 aromatic heterocycles. The summed E-state index contributed by atoms with van der Waals surface area (Å²) in [6.07, 6.45) is -11.0. The summed E-state index contributed by atoms with van der Waals surface area (Å²) in [7, 11) is 0. The molecule has 14 heteroatoms. The van der Waals surface area contributed by atoms with Crippen LogP contribution in [0.5, 0.6) is 0 Å². The van der Waals surface area contributed by atoms with Crippen LogP contribution in [0.3, 0.4) is 0 Å². The Kier molecular flexibility index (Phi) is 11.1. The first-order valence-electron chi connectivity index (χ1n) is 9.41. The zero-order valence-corrected chi connectivity index (χ0v) is 16.7. The van der Waals surface area contributed by atoms with E-state index in [2.05, 4.69) is 0 Å². The fourth-order valence-electron chi connectivity index (χ4n) is 2.51. The Hall–Kier alpha value is -2.52. The van der Waals surface area contributed by atoms with Crippen LogP contribution in [0.25, 0.3) is 0 Å².